The molecule has 2 aromatic carbocycles. The van der Waals surface area contributed by atoms with Crippen molar-refractivity contribution in [2.75, 3.05) is 18.5 Å². The lowest BCUT2D eigenvalue weighted by Crippen LogP contribution is -2.19. The van der Waals surface area contributed by atoms with Crippen LogP contribution in [0.15, 0.2) is 46.9 Å². The molecule has 0 fully saturated rings. The van der Waals surface area contributed by atoms with Crippen LogP contribution in [0.5, 0.6) is 0 Å². The van der Waals surface area contributed by atoms with Gasteiger partial charge in [-0.3, -0.25) is 0 Å². The van der Waals surface area contributed by atoms with Crippen LogP contribution in [-0.2, 0) is 13.0 Å². The molecule has 0 aliphatic heterocycles. The molecule has 0 spiro atoms. The van der Waals surface area contributed by atoms with Crippen LogP contribution < -0.4 is 10.6 Å². The molecule has 106 valence electrons. The van der Waals surface area contributed by atoms with Crippen LogP contribution >= 0.6 is 15.9 Å². The fourth-order valence-electron chi connectivity index (χ4n) is 2.43. The van der Waals surface area contributed by atoms with Crippen LogP contribution in [0.25, 0.3) is 0 Å². The van der Waals surface area contributed by atoms with Gasteiger partial charge in [0.1, 0.15) is 0 Å². The zero-order valence-electron chi connectivity index (χ0n) is 12.1. The van der Waals surface area contributed by atoms with Gasteiger partial charge in [-0.2, -0.15) is 0 Å². The third kappa shape index (κ3) is 3.84. The van der Waals surface area contributed by atoms with E-state index in [1.807, 2.05) is 0 Å². The average Bonchev–Trinajstić information content (AvgIpc) is 2.41. The van der Waals surface area contributed by atoms with Crippen LogP contribution in [0, 0.1) is 6.92 Å². The lowest BCUT2D eigenvalue weighted by atomic mass is 10.1. The molecule has 0 heterocycles. The molecule has 0 bridgehead atoms. The predicted octanol–water partition coefficient (Wildman–Crippen LogP) is 3.90. The number of aryl methyl sites for hydroxylation is 1. The van der Waals surface area contributed by atoms with Crippen LogP contribution in [0.2, 0.25) is 0 Å². The highest BCUT2D eigenvalue weighted by atomic mass is 79.9. The van der Waals surface area contributed by atoms with E-state index in [0.717, 1.165) is 17.4 Å². The molecule has 2 rings (SSSR count). The average molecular weight is 333 g/mol. The van der Waals surface area contributed by atoms with Gasteiger partial charge in [0.15, 0.2) is 0 Å². The van der Waals surface area contributed by atoms with Crippen molar-refractivity contribution in [3.05, 3.63) is 63.6 Å². The molecule has 0 aliphatic rings. The summed E-state index contributed by atoms with van der Waals surface area (Å²) < 4.78 is 1.10. The Hall–Kier alpha value is -1.32. The van der Waals surface area contributed by atoms with E-state index < -0.39 is 0 Å². The maximum Gasteiger partial charge on any atom is 0.0426 e. The number of hydrogen-bond donors (Lipinski definition) is 1. The number of benzene rings is 2. The summed E-state index contributed by atoms with van der Waals surface area (Å²) in [4.78, 5) is 2.28. The quantitative estimate of drug-likeness (QED) is 0.899. The molecule has 2 N–H and O–H groups in total. The zero-order valence-corrected chi connectivity index (χ0v) is 13.7. The van der Waals surface area contributed by atoms with E-state index in [4.69, 9.17) is 5.73 Å². The molecule has 20 heavy (non-hydrogen) atoms. The van der Waals surface area contributed by atoms with Crippen LogP contribution in [0.3, 0.4) is 0 Å². The Balaban J connectivity index is 2.23. The van der Waals surface area contributed by atoms with Crippen LogP contribution in [-0.4, -0.2) is 13.6 Å². The summed E-state index contributed by atoms with van der Waals surface area (Å²) in [5.41, 5.74) is 10.9. The molecule has 0 unspecified atom stereocenters. The van der Waals surface area contributed by atoms with Crippen LogP contribution in [0.1, 0.15) is 16.7 Å². The molecule has 2 nitrogen and oxygen atoms in total. The van der Waals surface area contributed by atoms with Crippen molar-refractivity contribution >= 4 is 21.6 Å². The van der Waals surface area contributed by atoms with Gasteiger partial charge in [-0.05, 0) is 43.1 Å². The maximum atomic E-state index is 5.71. The van der Waals surface area contributed by atoms with Crippen molar-refractivity contribution in [2.24, 2.45) is 5.73 Å². The second-order valence-electron chi connectivity index (χ2n) is 5.16. The molecule has 2 aromatic rings. The first kappa shape index (κ1) is 15.1. The van der Waals surface area contributed by atoms with Gasteiger partial charge in [0.2, 0.25) is 0 Å². The minimum atomic E-state index is 0.674. The third-order valence-corrected chi connectivity index (χ3v) is 3.87. The largest absolute Gasteiger partial charge is 0.370 e. The summed E-state index contributed by atoms with van der Waals surface area (Å²) >= 11 is 3.55. The van der Waals surface area contributed by atoms with Crippen molar-refractivity contribution in [1.82, 2.24) is 0 Å². The highest BCUT2D eigenvalue weighted by Crippen LogP contribution is 2.26. The lowest BCUT2D eigenvalue weighted by Gasteiger charge is -2.23. The van der Waals surface area contributed by atoms with Crippen molar-refractivity contribution < 1.29 is 0 Å². The van der Waals surface area contributed by atoms with Gasteiger partial charge in [0.05, 0.1) is 0 Å². The van der Waals surface area contributed by atoms with Gasteiger partial charge >= 0.3 is 0 Å². The normalized spacial score (nSPS) is 10.6. The minimum Gasteiger partial charge on any atom is -0.370 e. The second-order valence-corrected chi connectivity index (χ2v) is 6.07. The topological polar surface area (TPSA) is 29.3 Å². The fraction of sp³-hybridized carbons (Fsp3) is 0.294. The number of anilines is 1. The van der Waals surface area contributed by atoms with E-state index >= 15 is 0 Å². The summed E-state index contributed by atoms with van der Waals surface area (Å²) in [5, 5.41) is 0. The summed E-state index contributed by atoms with van der Waals surface area (Å²) in [6.45, 7) is 3.70. The Kier molecular flexibility index (Phi) is 5.21. The highest BCUT2D eigenvalue weighted by molar-refractivity contribution is 9.10. The van der Waals surface area contributed by atoms with Gasteiger partial charge in [-0.1, -0.05) is 51.8 Å². The molecule has 0 aliphatic carbocycles. The molecule has 0 radical (unpaired) electrons. The van der Waals surface area contributed by atoms with E-state index in [1.54, 1.807) is 0 Å². The second kappa shape index (κ2) is 6.91. The van der Waals surface area contributed by atoms with E-state index in [9.17, 15) is 0 Å². The van der Waals surface area contributed by atoms with Gasteiger partial charge in [0.25, 0.3) is 0 Å². The number of nitrogens with zero attached hydrogens (tertiary/aromatic N) is 1. The van der Waals surface area contributed by atoms with E-state index in [2.05, 4.69) is 77.3 Å². The maximum absolute atomic E-state index is 5.71. The van der Waals surface area contributed by atoms with Gasteiger partial charge < -0.3 is 10.6 Å². The zero-order chi connectivity index (χ0) is 14.5. The SMILES string of the molecule is Cc1cccc(CN(C)c2cc(Br)ccc2CCN)c1. The monoisotopic (exact) mass is 332 g/mol. The molecule has 0 aromatic heterocycles. The molecule has 0 saturated heterocycles. The number of nitrogens with two attached hydrogens (primary N) is 1. The van der Waals surface area contributed by atoms with E-state index in [-0.39, 0.29) is 0 Å². The molecule has 0 amide bonds. The predicted molar refractivity (Wildman–Crippen MR) is 90.2 cm³/mol. The first-order chi connectivity index (χ1) is 9.60. The van der Waals surface area contributed by atoms with E-state index in [0.29, 0.717) is 6.54 Å². The summed E-state index contributed by atoms with van der Waals surface area (Å²) in [5.74, 6) is 0. The highest BCUT2D eigenvalue weighted by Gasteiger charge is 2.08. The Morgan fingerprint density at radius 1 is 1.15 bits per heavy atom. The minimum absolute atomic E-state index is 0.674. The molecule has 0 saturated carbocycles. The summed E-state index contributed by atoms with van der Waals surface area (Å²) in [6, 6.07) is 15.0. The van der Waals surface area contributed by atoms with Crippen molar-refractivity contribution in [3.8, 4) is 0 Å². The van der Waals surface area contributed by atoms with Gasteiger partial charge in [0, 0.05) is 23.8 Å². The van der Waals surface area contributed by atoms with Crippen molar-refractivity contribution in [2.45, 2.75) is 19.9 Å². The Morgan fingerprint density at radius 2 is 1.95 bits per heavy atom. The summed E-state index contributed by atoms with van der Waals surface area (Å²) in [7, 11) is 2.13. The van der Waals surface area contributed by atoms with Crippen LogP contribution in [0.4, 0.5) is 5.69 Å². The Morgan fingerprint density at radius 3 is 2.65 bits per heavy atom. The Labute approximate surface area is 129 Å². The van der Waals surface area contributed by atoms with E-state index in [1.165, 1.54) is 22.4 Å². The molecular formula is C17H21BrN2. The molecule has 0 atom stereocenters. The first-order valence-electron chi connectivity index (χ1n) is 6.85. The smallest absolute Gasteiger partial charge is 0.0426 e. The number of halogens is 1. The standard InChI is InChI=1S/C17H21BrN2/c1-13-4-3-5-14(10-13)12-20(2)17-11-16(18)7-6-15(17)8-9-19/h3-7,10-11H,8-9,12,19H2,1-2H3. The summed E-state index contributed by atoms with van der Waals surface area (Å²) in [6.07, 6.45) is 0.904. The van der Waals surface area contributed by atoms with Gasteiger partial charge in [-0.25, -0.2) is 0 Å². The Bertz CT molecular complexity index is 581. The van der Waals surface area contributed by atoms with Crippen molar-refractivity contribution in [3.63, 3.8) is 0 Å². The van der Waals surface area contributed by atoms with Gasteiger partial charge in [-0.15, -0.1) is 0 Å². The fourth-order valence-corrected chi connectivity index (χ4v) is 2.78. The molecular weight excluding hydrogens is 312 g/mol. The first-order valence-corrected chi connectivity index (χ1v) is 7.64. The third-order valence-electron chi connectivity index (χ3n) is 3.37. The number of rotatable bonds is 5. The molecule has 3 heteroatoms. The van der Waals surface area contributed by atoms with Crippen molar-refractivity contribution in [1.29, 1.82) is 0 Å². The number of hydrogen-bond acceptors (Lipinski definition) is 2. The lowest BCUT2D eigenvalue weighted by molar-refractivity contribution is 0.891.